The van der Waals surface area contributed by atoms with Crippen LogP contribution in [0.1, 0.15) is 15.9 Å². The minimum Gasteiger partial charge on any atom is -0.292 e. The molecule has 1 aromatic heterocycles. The lowest BCUT2D eigenvalue weighted by Gasteiger charge is -2.23. The van der Waals surface area contributed by atoms with Gasteiger partial charge in [-0.1, -0.05) is 29.8 Å². The molecule has 1 amide bonds. The molecule has 3 aromatic rings. The van der Waals surface area contributed by atoms with Gasteiger partial charge in [0.05, 0.1) is 28.4 Å². The number of benzene rings is 2. The second kappa shape index (κ2) is 9.21. The van der Waals surface area contributed by atoms with Crippen LogP contribution in [-0.2, 0) is 16.0 Å². The molecule has 0 aliphatic rings. The van der Waals surface area contributed by atoms with E-state index < -0.39 is 44.5 Å². The molecule has 0 spiro atoms. The predicted molar refractivity (Wildman–Crippen MR) is 117 cm³/mol. The van der Waals surface area contributed by atoms with E-state index >= 15 is 0 Å². The molecular formula is C22H15ClF3N3O3S. The first kappa shape index (κ1) is 24.2. The third-order valence-electron chi connectivity index (χ3n) is 4.64. The van der Waals surface area contributed by atoms with Gasteiger partial charge in [0, 0.05) is 34.2 Å². The van der Waals surface area contributed by atoms with E-state index in [2.05, 4.69) is 4.98 Å². The van der Waals surface area contributed by atoms with Crippen molar-refractivity contribution in [2.45, 2.75) is 11.1 Å². The van der Waals surface area contributed by atoms with E-state index in [0.717, 1.165) is 17.2 Å². The van der Waals surface area contributed by atoms with Crippen LogP contribution in [0.25, 0.3) is 11.1 Å². The number of aromatic nitrogens is 1. The van der Waals surface area contributed by atoms with E-state index in [1.807, 2.05) is 0 Å². The van der Waals surface area contributed by atoms with Crippen LogP contribution in [0.15, 0.2) is 65.8 Å². The van der Waals surface area contributed by atoms with Crippen molar-refractivity contribution in [3.63, 3.8) is 0 Å². The minimum absolute atomic E-state index is 0.121. The van der Waals surface area contributed by atoms with Gasteiger partial charge < -0.3 is 0 Å². The van der Waals surface area contributed by atoms with Gasteiger partial charge in [-0.15, -0.1) is 0 Å². The predicted octanol–water partition coefficient (Wildman–Crippen LogP) is 4.99. The van der Waals surface area contributed by atoms with E-state index in [1.165, 1.54) is 12.4 Å². The quantitative estimate of drug-likeness (QED) is 0.467. The molecule has 0 saturated heterocycles. The molecule has 0 N–H and O–H groups in total. The smallest absolute Gasteiger partial charge is 0.292 e. The number of alkyl halides is 3. The zero-order chi connectivity index (χ0) is 24.4. The zero-order valence-corrected chi connectivity index (χ0v) is 18.5. The second-order valence-electron chi connectivity index (χ2n) is 6.94. The summed E-state index contributed by atoms with van der Waals surface area (Å²) >= 11 is 6.27. The van der Waals surface area contributed by atoms with Crippen LogP contribution in [0.4, 0.5) is 18.9 Å². The summed E-state index contributed by atoms with van der Waals surface area (Å²) in [5.74, 6) is -1.01. The summed E-state index contributed by atoms with van der Waals surface area (Å²) in [5.41, 5.74) is -0.809. The van der Waals surface area contributed by atoms with E-state index in [0.29, 0.717) is 28.3 Å². The lowest BCUT2D eigenvalue weighted by Crippen LogP contribution is -2.32. The SMILES string of the molecule is CS(=O)(=O)c1cc(C(=O)N(CC#N)c2cnccc2-c2ccccc2Cl)cc(C(F)(F)F)c1. The highest BCUT2D eigenvalue weighted by Crippen LogP contribution is 2.36. The lowest BCUT2D eigenvalue weighted by molar-refractivity contribution is -0.137. The first-order valence-corrected chi connectivity index (χ1v) is 11.5. The molecule has 33 heavy (non-hydrogen) atoms. The van der Waals surface area contributed by atoms with Crippen LogP contribution in [-0.4, -0.2) is 32.1 Å². The fraction of sp³-hybridized carbons (Fsp3) is 0.136. The first-order valence-electron chi connectivity index (χ1n) is 9.23. The van der Waals surface area contributed by atoms with Crippen molar-refractivity contribution in [2.75, 3.05) is 17.7 Å². The summed E-state index contributed by atoms with van der Waals surface area (Å²) in [7, 11) is -4.07. The third kappa shape index (κ3) is 5.32. The summed E-state index contributed by atoms with van der Waals surface area (Å²) in [4.78, 5) is 17.5. The van der Waals surface area contributed by atoms with Gasteiger partial charge in [-0.3, -0.25) is 14.7 Å². The molecule has 11 heteroatoms. The second-order valence-corrected chi connectivity index (χ2v) is 9.36. The molecule has 6 nitrogen and oxygen atoms in total. The molecule has 0 bridgehead atoms. The number of rotatable bonds is 5. The van der Waals surface area contributed by atoms with Crippen LogP contribution in [0, 0.1) is 11.3 Å². The Morgan fingerprint density at radius 3 is 2.45 bits per heavy atom. The number of carbonyl (C=O) groups is 1. The Labute approximate surface area is 192 Å². The van der Waals surface area contributed by atoms with E-state index in [-0.39, 0.29) is 5.69 Å². The Bertz CT molecular complexity index is 1370. The molecule has 0 fully saturated rings. The molecule has 0 atom stereocenters. The van der Waals surface area contributed by atoms with Crippen LogP contribution < -0.4 is 4.90 Å². The minimum atomic E-state index is -4.90. The molecule has 0 unspecified atom stereocenters. The molecule has 2 aromatic carbocycles. The van der Waals surface area contributed by atoms with Crippen LogP contribution in [0.5, 0.6) is 0 Å². The standard InChI is InChI=1S/C22H15ClF3N3O3S/c1-33(31,32)16-11-14(10-15(12-16)22(24,25)26)21(30)29(9-7-27)20-13-28-8-6-18(20)17-4-2-3-5-19(17)23/h2-6,8,10-13H,9H2,1H3. The third-order valence-corrected chi connectivity index (χ3v) is 6.06. The number of amides is 1. The fourth-order valence-electron chi connectivity index (χ4n) is 3.10. The number of hydrogen-bond acceptors (Lipinski definition) is 5. The van der Waals surface area contributed by atoms with Gasteiger partial charge in [-0.05, 0) is 30.3 Å². The van der Waals surface area contributed by atoms with Crippen LogP contribution >= 0.6 is 11.6 Å². The highest BCUT2D eigenvalue weighted by atomic mass is 35.5. The lowest BCUT2D eigenvalue weighted by atomic mass is 10.0. The topological polar surface area (TPSA) is 91.1 Å². The van der Waals surface area contributed by atoms with Crippen molar-refractivity contribution >= 4 is 33.0 Å². The van der Waals surface area contributed by atoms with E-state index in [4.69, 9.17) is 11.6 Å². The number of carbonyl (C=O) groups excluding carboxylic acids is 1. The molecular weight excluding hydrogens is 479 g/mol. The first-order chi connectivity index (χ1) is 15.4. The van der Waals surface area contributed by atoms with Crippen molar-refractivity contribution in [3.05, 3.63) is 77.1 Å². The summed E-state index contributed by atoms with van der Waals surface area (Å²) in [6, 6.07) is 11.9. The van der Waals surface area contributed by atoms with E-state index in [9.17, 15) is 31.6 Å². The Hall–Kier alpha value is -3.42. The summed E-state index contributed by atoms with van der Waals surface area (Å²) in [6.07, 6.45) is -1.45. The average Bonchev–Trinajstić information content (AvgIpc) is 2.76. The average molecular weight is 494 g/mol. The Morgan fingerprint density at radius 1 is 1.15 bits per heavy atom. The number of nitriles is 1. The number of hydrogen-bond donors (Lipinski definition) is 0. The Kier molecular flexibility index (Phi) is 6.76. The van der Waals surface area contributed by atoms with Crippen molar-refractivity contribution < 1.29 is 26.4 Å². The number of sulfone groups is 1. The summed E-state index contributed by atoms with van der Waals surface area (Å²) < 4.78 is 64.1. The molecule has 1 heterocycles. The number of halogens is 4. The summed E-state index contributed by atoms with van der Waals surface area (Å²) in [6.45, 7) is -0.535. The normalized spacial score (nSPS) is 11.6. The van der Waals surface area contributed by atoms with Gasteiger partial charge in [0.2, 0.25) is 0 Å². The van der Waals surface area contributed by atoms with Gasteiger partial charge in [0.15, 0.2) is 9.84 Å². The molecule has 0 radical (unpaired) electrons. The molecule has 170 valence electrons. The van der Waals surface area contributed by atoms with Gasteiger partial charge >= 0.3 is 6.18 Å². The number of pyridine rings is 1. The van der Waals surface area contributed by atoms with Crippen molar-refractivity contribution in [3.8, 4) is 17.2 Å². The highest BCUT2D eigenvalue weighted by molar-refractivity contribution is 7.90. The van der Waals surface area contributed by atoms with Crippen molar-refractivity contribution in [1.29, 1.82) is 5.26 Å². The molecule has 3 rings (SSSR count). The fourth-order valence-corrected chi connectivity index (χ4v) is 4.02. The zero-order valence-electron chi connectivity index (χ0n) is 17.0. The molecule has 0 aliphatic heterocycles. The maximum absolute atomic E-state index is 13.4. The highest BCUT2D eigenvalue weighted by Gasteiger charge is 2.34. The maximum Gasteiger partial charge on any atom is 0.416 e. The van der Waals surface area contributed by atoms with Gasteiger partial charge in [0.1, 0.15) is 6.54 Å². The largest absolute Gasteiger partial charge is 0.416 e. The van der Waals surface area contributed by atoms with Gasteiger partial charge in [-0.2, -0.15) is 18.4 Å². The molecule has 0 aliphatic carbocycles. The maximum atomic E-state index is 13.4. The number of nitrogens with zero attached hydrogens (tertiary/aromatic N) is 3. The Morgan fingerprint density at radius 2 is 1.85 bits per heavy atom. The monoisotopic (exact) mass is 493 g/mol. The van der Waals surface area contributed by atoms with Crippen LogP contribution in [0.3, 0.4) is 0 Å². The number of anilines is 1. The summed E-state index contributed by atoms with van der Waals surface area (Å²) in [5, 5.41) is 9.65. The van der Waals surface area contributed by atoms with Gasteiger partial charge in [-0.25, -0.2) is 8.42 Å². The van der Waals surface area contributed by atoms with Gasteiger partial charge in [0.25, 0.3) is 5.91 Å². The Balaban J connectivity index is 2.21. The van der Waals surface area contributed by atoms with Crippen molar-refractivity contribution in [2.24, 2.45) is 0 Å². The van der Waals surface area contributed by atoms with E-state index in [1.54, 1.807) is 36.4 Å². The molecule has 0 saturated carbocycles. The van der Waals surface area contributed by atoms with Crippen molar-refractivity contribution in [1.82, 2.24) is 4.98 Å². The van der Waals surface area contributed by atoms with Crippen LogP contribution in [0.2, 0.25) is 5.02 Å².